The monoisotopic (exact) mass is 357 g/mol. The summed E-state index contributed by atoms with van der Waals surface area (Å²) >= 11 is 3.59. The fourth-order valence-corrected chi connectivity index (χ4v) is 2.54. The third-order valence-electron chi connectivity index (χ3n) is 3.41. The lowest BCUT2D eigenvalue weighted by molar-refractivity contribution is 0.233. The van der Waals surface area contributed by atoms with Gasteiger partial charge in [0.1, 0.15) is 0 Å². The molecular formula is C17H28BrNO2. The predicted molar refractivity (Wildman–Crippen MR) is 92.2 cm³/mol. The minimum Gasteiger partial charge on any atom is -0.493 e. The van der Waals surface area contributed by atoms with Crippen molar-refractivity contribution in [2.45, 2.75) is 53.0 Å². The highest BCUT2D eigenvalue weighted by Crippen LogP contribution is 2.37. The Hall–Kier alpha value is -0.740. The van der Waals surface area contributed by atoms with Gasteiger partial charge in [-0.3, -0.25) is 0 Å². The maximum Gasteiger partial charge on any atom is 0.175 e. The molecule has 1 aromatic rings. The summed E-state index contributed by atoms with van der Waals surface area (Å²) in [7, 11) is 1.67. The molecule has 2 N–H and O–H groups in total. The largest absolute Gasteiger partial charge is 0.493 e. The van der Waals surface area contributed by atoms with Gasteiger partial charge in [-0.15, -0.1) is 0 Å². The van der Waals surface area contributed by atoms with Gasteiger partial charge in [0.15, 0.2) is 11.5 Å². The molecule has 0 fully saturated rings. The molecule has 0 bridgehead atoms. The average Bonchev–Trinajstić information content (AvgIpc) is 2.39. The van der Waals surface area contributed by atoms with Crippen molar-refractivity contribution in [3.63, 3.8) is 0 Å². The van der Waals surface area contributed by atoms with Crippen molar-refractivity contribution in [2.75, 3.05) is 13.7 Å². The Morgan fingerprint density at radius 1 is 1.29 bits per heavy atom. The third-order valence-corrected chi connectivity index (χ3v) is 4.00. The van der Waals surface area contributed by atoms with E-state index in [1.165, 1.54) is 0 Å². The van der Waals surface area contributed by atoms with E-state index in [1.54, 1.807) is 7.11 Å². The molecule has 120 valence electrons. The Kier molecular flexibility index (Phi) is 7.01. The Bertz CT molecular complexity index is 455. The number of rotatable bonds is 7. The zero-order valence-corrected chi connectivity index (χ0v) is 15.4. The van der Waals surface area contributed by atoms with E-state index in [4.69, 9.17) is 15.2 Å². The second kappa shape index (κ2) is 8.04. The lowest BCUT2D eigenvalue weighted by atomic mass is 9.93. The van der Waals surface area contributed by atoms with Crippen LogP contribution in [0.15, 0.2) is 16.6 Å². The van der Waals surface area contributed by atoms with Crippen LogP contribution in [0.3, 0.4) is 0 Å². The molecule has 0 saturated heterocycles. The summed E-state index contributed by atoms with van der Waals surface area (Å²) in [5, 5.41) is 0. The van der Waals surface area contributed by atoms with Crippen molar-refractivity contribution >= 4 is 15.9 Å². The molecule has 0 aromatic heterocycles. The Labute approximate surface area is 137 Å². The summed E-state index contributed by atoms with van der Waals surface area (Å²) in [6.07, 6.45) is 2.79. The highest BCUT2D eigenvalue weighted by Gasteiger charge is 2.15. The number of ether oxygens (including phenoxy) is 2. The number of hydrogen-bond donors (Lipinski definition) is 1. The molecule has 1 atom stereocenters. The smallest absolute Gasteiger partial charge is 0.175 e. The summed E-state index contributed by atoms with van der Waals surface area (Å²) in [5.74, 6) is 1.53. The van der Waals surface area contributed by atoms with E-state index in [1.807, 2.05) is 6.07 Å². The van der Waals surface area contributed by atoms with Crippen molar-refractivity contribution in [3.8, 4) is 11.5 Å². The predicted octanol–water partition coefficient (Wildman–Crippen LogP) is 4.55. The number of hydrogen-bond acceptors (Lipinski definition) is 3. The maximum atomic E-state index is 6.03. The zero-order chi connectivity index (χ0) is 16.0. The fraction of sp³-hybridized carbons (Fsp3) is 0.647. The molecule has 21 heavy (non-hydrogen) atoms. The van der Waals surface area contributed by atoms with Crippen LogP contribution in [0.5, 0.6) is 11.5 Å². The molecular weight excluding hydrogens is 330 g/mol. The minimum atomic E-state index is 0.175. The van der Waals surface area contributed by atoms with Gasteiger partial charge in [0, 0.05) is 6.04 Å². The normalized spacial score (nSPS) is 13.1. The quantitative estimate of drug-likeness (QED) is 0.778. The Morgan fingerprint density at radius 3 is 2.48 bits per heavy atom. The SMILES string of the molecule is CCC(N)Cc1cc(Br)c(OCCC(C)(C)C)c(OC)c1. The molecule has 0 radical (unpaired) electrons. The fourth-order valence-electron chi connectivity index (χ4n) is 1.94. The van der Waals surface area contributed by atoms with Crippen LogP contribution in [-0.4, -0.2) is 19.8 Å². The highest BCUT2D eigenvalue weighted by atomic mass is 79.9. The van der Waals surface area contributed by atoms with Gasteiger partial charge in [-0.2, -0.15) is 0 Å². The van der Waals surface area contributed by atoms with Crippen molar-refractivity contribution in [3.05, 3.63) is 22.2 Å². The summed E-state index contributed by atoms with van der Waals surface area (Å²) in [6, 6.07) is 4.27. The average molecular weight is 358 g/mol. The molecule has 1 unspecified atom stereocenters. The molecule has 0 aliphatic carbocycles. The van der Waals surface area contributed by atoms with E-state index < -0.39 is 0 Å². The van der Waals surface area contributed by atoms with Crippen LogP contribution < -0.4 is 15.2 Å². The molecule has 0 amide bonds. The molecule has 0 saturated carbocycles. The number of nitrogens with two attached hydrogens (primary N) is 1. The third kappa shape index (κ3) is 6.27. The standard InChI is InChI=1S/C17H28BrNO2/c1-6-13(19)9-12-10-14(18)16(15(11-12)20-5)21-8-7-17(2,3)4/h10-11,13H,6-9,19H2,1-5H3. The van der Waals surface area contributed by atoms with E-state index in [9.17, 15) is 0 Å². The van der Waals surface area contributed by atoms with Gasteiger partial charge in [-0.1, -0.05) is 27.7 Å². The molecule has 3 nitrogen and oxygen atoms in total. The van der Waals surface area contributed by atoms with Crippen molar-refractivity contribution in [1.82, 2.24) is 0 Å². The molecule has 1 rings (SSSR count). The molecule has 0 aliphatic heterocycles. The van der Waals surface area contributed by atoms with Gasteiger partial charge in [-0.05, 0) is 58.3 Å². The van der Waals surface area contributed by atoms with Crippen molar-refractivity contribution < 1.29 is 9.47 Å². The first-order chi connectivity index (χ1) is 9.76. The van der Waals surface area contributed by atoms with Gasteiger partial charge in [0.05, 0.1) is 18.2 Å². The van der Waals surface area contributed by atoms with Crippen LogP contribution in [0.25, 0.3) is 0 Å². The first-order valence-corrected chi connectivity index (χ1v) is 8.31. The second-order valence-corrected chi connectivity index (χ2v) is 7.49. The maximum absolute atomic E-state index is 6.03. The molecule has 0 spiro atoms. The summed E-state index contributed by atoms with van der Waals surface area (Å²) in [5.41, 5.74) is 7.45. The van der Waals surface area contributed by atoms with Crippen LogP contribution in [0.2, 0.25) is 0 Å². The van der Waals surface area contributed by atoms with Crippen LogP contribution in [0, 0.1) is 5.41 Å². The van der Waals surface area contributed by atoms with Crippen LogP contribution in [0.4, 0.5) is 0 Å². The summed E-state index contributed by atoms with van der Waals surface area (Å²) < 4.78 is 12.3. The van der Waals surface area contributed by atoms with E-state index >= 15 is 0 Å². The van der Waals surface area contributed by atoms with Gasteiger partial charge in [-0.25, -0.2) is 0 Å². The second-order valence-electron chi connectivity index (χ2n) is 6.64. The number of halogens is 1. The molecule has 1 aromatic carbocycles. The lowest BCUT2D eigenvalue weighted by Crippen LogP contribution is -2.21. The van der Waals surface area contributed by atoms with Crippen LogP contribution in [-0.2, 0) is 6.42 Å². The van der Waals surface area contributed by atoms with Gasteiger partial charge in [0.2, 0.25) is 0 Å². The first-order valence-electron chi connectivity index (χ1n) is 7.51. The summed E-state index contributed by atoms with van der Waals surface area (Å²) in [4.78, 5) is 0. The van der Waals surface area contributed by atoms with Crippen molar-refractivity contribution in [1.29, 1.82) is 0 Å². The lowest BCUT2D eigenvalue weighted by Gasteiger charge is -2.20. The van der Waals surface area contributed by atoms with E-state index in [0.29, 0.717) is 6.61 Å². The van der Waals surface area contributed by atoms with Crippen LogP contribution in [0.1, 0.15) is 46.1 Å². The van der Waals surface area contributed by atoms with Crippen molar-refractivity contribution in [2.24, 2.45) is 11.1 Å². The molecule has 4 heteroatoms. The van der Waals surface area contributed by atoms with E-state index in [2.05, 4.69) is 49.7 Å². The summed E-state index contributed by atoms with van der Waals surface area (Å²) in [6.45, 7) is 9.39. The first kappa shape index (κ1) is 18.3. The highest BCUT2D eigenvalue weighted by molar-refractivity contribution is 9.10. The zero-order valence-electron chi connectivity index (χ0n) is 13.8. The topological polar surface area (TPSA) is 44.5 Å². The van der Waals surface area contributed by atoms with Crippen LogP contribution >= 0.6 is 15.9 Å². The Morgan fingerprint density at radius 2 is 1.95 bits per heavy atom. The minimum absolute atomic E-state index is 0.175. The number of benzene rings is 1. The van der Waals surface area contributed by atoms with E-state index in [0.717, 1.165) is 40.8 Å². The molecule has 0 aliphatic rings. The van der Waals surface area contributed by atoms with Gasteiger partial charge < -0.3 is 15.2 Å². The van der Waals surface area contributed by atoms with E-state index in [-0.39, 0.29) is 11.5 Å². The Balaban J connectivity index is 2.84. The number of methoxy groups -OCH3 is 1. The van der Waals surface area contributed by atoms with Gasteiger partial charge >= 0.3 is 0 Å². The van der Waals surface area contributed by atoms with Gasteiger partial charge in [0.25, 0.3) is 0 Å². The molecule has 0 heterocycles.